The number of benzene rings is 16. The molecule has 1 unspecified atom stereocenters. The molecule has 7 aliphatic rings. The van der Waals surface area contributed by atoms with E-state index >= 15 is 0 Å². The summed E-state index contributed by atoms with van der Waals surface area (Å²) in [6.45, 7) is 28.9. The van der Waals surface area contributed by atoms with Crippen molar-refractivity contribution < 1.29 is 4.74 Å². The van der Waals surface area contributed by atoms with Crippen LogP contribution in [0.15, 0.2) is 322 Å². The van der Waals surface area contributed by atoms with Crippen LogP contribution in [0.3, 0.4) is 0 Å². The normalized spacial score (nSPS) is 16.0. The Morgan fingerprint density at radius 1 is 0.168 bits per heavy atom. The quantitative estimate of drug-likeness (QED) is 0.0367. The van der Waals surface area contributed by atoms with Crippen molar-refractivity contribution in [3.63, 3.8) is 0 Å². The van der Waals surface area contributed by atoms with Crippen LogP contribution >= 0.6 is 0 Å². The minimum Gasteiger partial charge on any atom is -0.453 e. The first-order valence-electron chi connectivity index (χ1n) is 55.3. The van der Waals surface area contributed by atoms with E-state index in [9.17, 15) is 0 Å². The lowest BCUT2D eigenvalue weighted by molar-refractivity contribution is 0.398. The molecule has 0 saturated heterocycles. The van der Waals surface area contributed by atoms with Crippen molar-refractivity contribution in [3.05, 3.63) is 388 Å². The van der Waals surface area contributed by atoms with E-state index in [0.717, 1.165) is 50.8 Å². The van der Waals surface area contributed by atoms with Gasteiger partial charge in [-0.05, 0) is 323 Å². The molecule has 0 saturated carbocycles. The van der Waals surface area contributed by atoms with Crippen molar-refractivity contribution in [2.45, 2.75) is 289 Å². The van der Waals surface area contributed by atoms with Crippen molar-refractivity contribution in [1.29, 1.82) is 0 Å². The molecular formula is C141H143NO. The Hall–Kier alpha value is -12.9. The predicted octanol–water partition coefficient (Wildman–Crippen LogP) is 41.3. The molecule has 0 radical (unpaired) electrons. The third-order valence-corrected chi connectivity index (χ3v) is 35.7. The van der Waals surface area contributed by atoms with Crippen molar-refractivity contribution in [3.8, 4) is 156 Å². The standard InChI is InChI=1S/C141H143NO/c1-13-17-21-25-29-42-78-140(77-41-28-24-20-16-4)119-50-38-35-48-107(119)117-73-61-102(89-129(117)140)98-57-69-113-109-65-53-94(81-121(109)136(5,6)125(113)85-98)96-55-67-111-115-71-59-100(87-127(115)138(9,10)123(111)83-96)104-63-75-132-134(91-104)143-135-92-105(64-76-133(135)142(132)131-52-40-37-47-106(131)93-45-33-32-34-46-93)101-60-72-116-112-68-56-97(84-124(112)139(11,12)128(116)88-101)95-54-66-110-114-70-58-99(86-126(114)137(7,8)122(110)82-95)103-62-74-118-108-49-36-39-51-120(108)141(130(118)90-103,79-43-30-26-22-18-14-2)80-44-31-27-23-19-15-3/h32-40,45-76,81-92H,13-31,41-44,77-80H2,1-12H3. The molecular weight excluding hydrogens is 1720 g/mol. The largest absolute Gasteiger partial charge is 0.453 e. The molecule has 6 aliphatic carbocycles. The van der Waals surface area contributed by atoms with Gasteiger partial charge in [0, 0.05) is 38.1 Å². The molecule has 16 aromatic carbocycles. The van der Waals surface area contributed by atoms with Gasteiger partial charge >= 0.3 is 0 Å². The van der Waals surface area contributed by atoms with Crippen LogP contribution in [-0.2, 0) is 32.5 Å². The molecule has 0 bridgehead atoms. The number of anilines is 3. The predicted molar refractivity (Wildman–Crippen MR) is 609 cm³/mol. The second-order valence-electron chi connectivity index (χ2n) is 45.8. The number of fused-ring (bicyclic) bond motifs is 20. The Kier molecular flexibility index (Phi) is 24.9. The maximum absolute atomic E-state index is 7.44. The topological polar surface area (TPSA) is 12.5 Å². The van der Waals surface area contributed by atoms with E-state index < -0.39 is 0 Å². The van der Waals surface area contributed by atoms with Gasteiger partial charge in [-0.15, -0.1) is 0 Å². The third kappa shape index (κ3) is 16.2. The molecule has 0 fully saturated rings. The molecule has 0 aromatic heterocycles. The molecule has 2 heteroatoms. The van der Waals surface area contributed by atoms with Crippen LogP contribution in [0, 0.1) is 0 Å². The van der Waals surface area contributed by atoms with Gasteiger partial charge < -0.3 is 9.64 Å². The first-order chi connectivity index (χ1) is 69.7. The van der Waals surface area contributed by atoms with Crippen LogP contribution in [-0.4, -0.2) is 0 Å². The summed E-state index contributed by atoms with van der Waals surface area (Å²) >= 11 is 0. The average Bonchev–Trinajstić information content (AvgIpc) is 1.65. The van der Waals surface area contributed by atoms with E-state index in [1.807, 2.05) is 0 Å². The molecule has 2 nitrogen and oxygen atoms in total. The molecule has 1 heterocycles. The zero-order valence-corrected chi connectivity index (χ0v) is 87.0. The molecule has 143 heavy (non-hydrogen) atoms. The number of nitrogens with zero attached hydrogens (tertiary/aromatic N) is 1. The van der Waals surface area contributed by atoms with Gasteiger partial charge in [-0.3, -0.25) is 0 Å². The summed E-state index contributed by atoms with van der Waals surface area (Å²) in [5.41, 5.74) is 53.4. The molecule has 1 aliphatic heterocycles. The van der Waals surface area contributed by atoms with E-state index in [0.29, 0.717) is 0 Å². The number of hydrogen-bond acceptors (Lipinski definition) is 2. The van der Waals surface area contributed by atoms with Crippen LogP contribution in [0.5, 0.6) is 11.5 Å². The minimum absolute atomic E-state index is 0.0399. The summed E-state index contributed by atoms with van der Waals surface area (Å²) in [6, 6.07) is 126. The van der Waals surface area contributed by atoms with E-state index in [-0.39, 0.29) is 32.5 Å². The summed E-state index contributed by atoms with van der Waals surface area (Å²) in [7, 11) is 0. The number of unbranched alkanes of at least 4 members (excludes halogenated alkanes) is 19. The monoisotopic (exact) mass is 1870 g/mol. The summed E-state index contributed by atoms with van der Waals surface area (Å²) in [6.07, 6.45) is 35.2. The molecule has 0 spiro atoms. The van der Waals surface area contributed by atoms with Crippen LogP contribution < -0.4 is 9.64 Å². The van der Waals surface area contributed by atoms with Gasteiger partial charge in [0.2, 0.25) is 0 Å². The van der Waals surface area contributed by atoms with Gasteiger partial charge in [0.15, 0.2) is 11.5 Å². The fraction of sp³-hybridized carbons (Fsp3) is 0.319. The van der Waals surface area contributed by atoms with Gasteiger partial charge in [0.1, 0.15) is 0 Å². The summed E-state index contributed by atoms with van der Waals surface area (Å²) in [4.78, 5) is 2.44. The van der Waals surface area contributed by atoms with E-state index in [2.05, 4.69) is 410 Å². The van der Waals surface area contributed by atoms with Gasteiger partial charge in [-0.25, -0.2) is 0 Å². The highest BCUT2D eigenvalue weighted by molar-refractivity contribution is 5.98. The lowest BCUT2D eigenvalue weighted by Gasteiger charge is -2.34. The Morgan fingerprint density at radius 2 is 0.378 bits per heavy atom. The Bertz CT molecular complexity index is 7430. The van der Waals surface area contributed by atoms with Gasteiger partial charge in [-0.1, -0.05) is 461 Å². The molecule has 16 aromatic rings. The van der Waals surface area contributed by atoms with Crippen molar-refractivity contribution in [1.82, 2.24) is 0 Å². The first kappa shape index (κ1) is 93.7. The average molecular weight is 1870 g/mol. The molecule has 23 rings (SSSR count). The van der Waals surface area contributed by atoms with Crippen LogP contribution in [0.25, 0.3) is 145 Å². The highest BCUT2D eigenvalue weighted by Gasteiger charge is 2.47. The lowest BCUT2D eigenvalue weighted by atomic mass is 9.70. The number of para-hydroxylation sites is 1. The summed E-state index contributed by atoms with van der Waals surface area (Å²) in [5.74, 6) is 1.64. The molecule has 0 N–H and O–H groups in total. The SMILES string of the molecule is CCCCCCCCC1(CCCCCCC)c2ccccc2-c2ccc(-c3ccc4c(c3)C(C)(C)c3cc(-c5ccc6c(c5)C(C)(C)c5cc(-c7ccc8c(c7)Oc7cc(-c9ccc%10c(c9)C(C)(C)c9cc(-c%11ccc%12c(c%11)C(C)(C)c%11cc(-c%13ccc%14c(c%13)C(CCCCCCCC)(CCCCCCCC)c%13ccccc%13-%14)ccc%11-%12)ccc9-%10)ccc7N8c7ccccc7-c7ccccc7)ccc5-6)ccc3-4)cc21. The fourth-order valence-corrected chi connectivity index (χ4v) is 27.6. The van der Waals surface area contributed by atoms with E-state index in [4.69, 9.17) is 4.74 Å². The van der Waals surface area contributed by atoms with Crippen LogP contribution in [0.1, 0.15) is 323 Å². The van der Waals surface area contributed by atoms with Gasteiger partial charge in [0.05, 0.1) is 17.1 Å². The number of ether oxygens (including phenoxy) is 1. The maximum atomic E-state index is 7.44. The third-order valence-electron chi connectivity index (χ3n) is 35.7. The fourth-order valence-electron chi connectivity index (χ4n) is 27.6. The Labute approximate surface area is 854 Å². The highest BCUT2D eigenvalue weighted by Crippen LogP contribution is 2.63. The minimum atomic E-state index is -0.270. The lowest BCUT2D eigenvalue weighted by Crippen LogP contribution is -2.25. The highest BCUT2D eigenvalue weighted by atomic mass is 16.5. The second-order valence-corrected chi connectivity index (χ2v) is 45.8. The Balaban J connectivity index is 0.507. The van der Waals surface area contributed by atoms with Crippen molar-refractivity contribution in [2.75, 3.05) is 4.90 Å². The first-order valence-corrected chi connectivity index (χ1v) is 55.3. The number of hydrogen-bond donors (Lipinski definition) is 0. The molecule has 0 amide bonds. The summed E-state index contributed by atoms with van der Waals surface area (Å²) in [5, 5.41) is 0. The molecule has 718 valence electrons. The smallest absolute Gasteiger partial charge is 0.152 e. The van der Waals surface area contributed by atoms with Crippen LogP contribution in [0.4, 0.5) is 17.1 Å². The van der Waals surface area contributed by atoms with Crippen molar-refractivity contribution >= 4 is 17.1 Å². The Morgan fingerprint density at radius 3 is 0.657 bits per heavy atom. The summed E-state index contributed by atoms with van der Waals surface area (Å²) < 4.78 is 7.44. The van der Waals surface area contributed by atoms with Gasteiger partial charge in [0.25, 0.3) is 0 Å². The zero-order chi connectivity index (χ0) is 97.7. The van der Waals surface area contributed by atoms with Crippen molar-refractivity contribution in [2.24, 2.45) is 0 Å². The second kappa shape index (κ2) is 38.0. The molecule has 1 atom stereocenters. The van der Waals surface area contributed by atoms with E-state index in [1.54, 1.807) is 22.3 Å². The number of rotatable bonds is 35. The maximum Gasteiger partial charge on any atom is 0.152 e. The zero-order valence-electron chi connectivity index (χ0n) is 87.0. The van der Waals surface area contributed by atoms with Gasteiger partial charge in [-0.2, -0.15) is 0 Å². The van der Waals surface area contributed by atoms with E-state index in [1.165, 1.54) is 340 Å². The van der Waals surface area contributed by atoms with Crippen LogP contribution in [0.2, 0.25) is 0 Å².